The third-order valence-corrected chi connectivity index (χ3v) is 1.54. The van der Waals surface area contributed by atoms with E-state index in [0.29, 0.717) is 6.20 Å². The zero-order valence-electron chi connectivity index (χ0n) is 5.49. The van der Waals surface area contributed by atoms with Crippen LogP contribution in [0.25, 0.3) is 0 Å². The molecule has 0 saturated heterocycles. The van der Waals surface area contributed by atoms with Crippen LogP contribution < -0.4 is 0 Å². The summed E-state index contributed by atoms with van der Waals surface area (Å²) in [4.78, 5) is 2.81. The van der Waals surface area contributed by atoms with E-state index in [9.17, 15) is 17.6 Å². The highest BCUT2D eigenvalue weighted by atomic mass is 35.5. The maximum Gasteiger partial charge on any atom is 0.268 e. The molecule has 0 amide bonds. The van der Waals surface area contributed by atoms with E-state index in [1.54, 1.807) is 0 Å². The lowest BCUT2D eigenvalue weighted by Crippen LogP contribution is -1.97. The first-order valence-corrected chi connectivity index (χ1v) is 3.19. The second kappa shape index (κ2) is 3.26. The van der Waals surface area contributed by atoms with Gasteiger partial charge in [0.15, 0.2) is 5.82 Å². The normalized spacial score (nSPS) is 10.8. The van der Waals surface area contributed by atoms with Gasteiger partial charge in [0.05, 0.1) is 11.8 Å². The molecule has 1 nitrogen and oxygen atoms in total. The van der Waals surface area contributed by atoms with Gasteiger partial charge in [-0.25, -0.2) is 18.2 Å². The van der Waals surface area contributed by atoms with E-state index in [4.69, 9.17) is 11.6 Å². The predicted molar refractivity (Wildman–Crippen MR) is 34.1 cm³/mol. The second-order valence-corrected chi connectivity index (χ2v) is 2.30. The Morgan fingerprint density at radius 3 is 2.33 bits per heavy atom. The highest BCUT2D eigenvalue weighted by Gasteiger charge is 2.21. The fourth-order valence-corrected chi connectivity index (χ4v) is 0.877. The fraction of sp³-hybridized carbons (Fsp3) is 0.167. The minimum Gasteiger partial charge on any atom is -0.224 e. The minimum atomic E-state index is -3.14. The van der Waals surface area contributed by atoms with Gasteiger partial charge in [0.2, 0.25) is 5.95 Å². The molecule has 0 bridgehead atoms. The Kier molecular flexibility index (Phi) is 2.52. The maximum atomic E-state index is 12.5. The highest BCUT2D eigenvalue weighted by Crippen LogP contribution is 2.29. The van der Waals surface area contributed by atoms with Crippen molar-refractivity contribution in [2.75, 3.05) is 0 Å². The first kappa shape index (κ1) is 9.25. The van der Waals surface area contributed by atoms with Gasteiger partial charge in [0.1, 0.15) is 5.02 Å². The van der Waals surface area contributed by atoms with Crippen LogP contribution in [0.15, 0.2) is 6.20 Å². The van der Waals surface area contributed by atoms with Gasteiger partial charge in [0.25, 0.3) is 6.43 Å². The summed E-state index contributed by atoms with van der Waals surface area (Å²) < 4.78 is 48.8. The van der Waals surface area contributed by atoms with Gasteiger partial charge in [0, 0.05) is 0 Å². The maximum absolute atomic E-state index is 12.5. The van der Waals surface area contributed by atoms with Crippen molar-refractivity contribution in [2.24, 2.45) is 0 Å². The summed E-state index contributed by atoms with van der Waals surface area (Å²) in [6, 6.07) is 0. The van der Waals surface area contributed by atoms with Crippen molar-refractivity contribution in [2.45, 2.75) is 6.43 Å². The zero-order valence-corrected chi connectivity index (χ0v) is 6.25. The molecule has 1 heterocycles. The Labute approximate surface area is 70.0 Å². The summed E-state index contributed by atoms with van der Waals surface area (Å²) >= 11 is 5.04. The van der Waals surface area contributed by atoms with Crippen LogP contribution >= 0.6 is 11.6 Å². The Balaban J connectivity index is 3.33. The molecule has 0 N–H and O–H groups in total. The number of halogens is 5. The van der Waals surface area contributed by atoms with E-state index < -0.39 is 28.8 Å². The first-order valence-electron chi connectivity index (χ1n) is 2.81. The van der Waals surface area contributed by atoms with E-state index in [1.165, 1.54) is 0 Å². The summed E-state index contributed by atoms with van der Waals surface area (Å²) in [6.07, 6.45) is -2.78. The quantitative estimate of drug-likeness (QED) is 0.501. The fourth-order valence-electron chi connectivity index (χ4n) is 0.656. The van der Waals surface area contributed by atoms with Crippen LogP contribution in [-0.2, 0) is 0 Å². The molecular weight excluding hydrogens is 198 g/mol. The molecular formula is C6H2ClF4N. The summed E-state index contributed by atoms with van der Waals surface area (Å²) in [6.45, 7) is 0. The number of rotatable bonds is 1. The zero-order chi connectivity index (χ0) is 9.30. The van der Waals surface area contributed by atoms with Gasteiger partial charge in [-0.3, -0.25) is 0 Å². The summed E-state index contributed by atoms with van der Waals surface area (Å²) in [5.74, 6) is -2.61. The van der Waals surface area contributed by atoms with E-state index >= 15 is 0 Å². The van der Waals surface area contributed by atoms with E-state index in [1.807, 2.05) is 0 Å². The molecule has 66 valence electrons. The van der Waals surface area contributed by atoms with Crippen molar-refractivity contribution in [3.05, 3.63) is 28.5 Å². The molecule has 1 aromatic rings. The standard InChI is InChI=1S/C6H2ClF4N/c7-4-3(5(9)10)2(8)1-12-6(4)11/h1,5H. The van der Waals surface area contributed by atoms with Gasteiger partial charge in [-0.2, -0.15) is 4.39 Å². The smallest absolute Gasteiger partial charge is 0.224 e. The second-order valence-electron chi connectivity index (χ2n) is 1.93. The number of hydrogen-bond donors (Lipinski definition) is 0. The van der Waals surface area contributed by atoms with Gasteiger partial charge in [-0.15, -0.1) is 0 Å². The monoisotopic (exact) mass is 199 g/mol. The summed E-state index contributed by atoms with van der Waals surface area (Å²) in [7, 11) is 0. The van der Waals surface area contributed by atoms with Crippen LogP contribution in [0.3, 0.4) is 0 Å². The molecule has 0 unspecified atom stereocenters. The van der Waals surface area contributed by atoms with Crippen LogP contribution in [0.4, 0.5) is 17.6 Å². The van der Waals surface area contributed by atoms with Crippen LogP contribution in [0.1, 0.15) is 12.0 Å². The van der Waals surface area contributed by atoms with Crippen LogP contribution in [0.2, 0.25) is 5.02 Å². The molecule has 6 heteroatoms. The molecule has 0 saturated carbocycles. The lowest BCUT2D eigenvalue weighted by atomic mass is 10.2. The number of nitrogens with zero attached hydrogens (tertiary/aromatic N) is 1. The van der Waals surface area contributed by atoms with Crippen LogP contribution in [0, 0.1) is 11.8 Å². The van der Waals surface area contributed by atoms with Crippen molar-refractivity contribution < 1.29 is 17.6 Å². The van der Waals surface area contributed by atoms with Gasteiger partial charge in [-0.1, -0.05) is 11.6 Å². The van der Waals surface area contributed by atoms with Gasteiger partial charge in [-0.05, 0) is 0 Å². The summed E-state index contributed by atoms with van der Waals surface area (Å²) in [5.41, 5.74) is -1.15. The Morgan fingerprint density at radius 2 is 1.92 bits per heavy atom. The van der Waals surface area contributed by atoms with Crippen molar-refractivity contribution in [1.29, 1.82) is 0 Å². The SMILES string of the molecule is Fc1cnc(F)c(Cl)c1C(F)F. The van der Waals surface area contributed by atoms with Crippen molar-refractivity contribution >= 4 is 11.6 Å². The third-order valence-electron chi connectivity index (χ3n) is 1.18. The third kappa shape index (κ3) is 1.50. The lowest BCUT2D eigenvalue weighted by molar-refractivity contribution is 0.145. The number of pyridine rings is 1. The van der Waals surface area contributed by atoms with Gasteiger partial charge >= 0.3 is 0 Å². The molecule has 0 radical (unpaired) electrons. The molecule has 1 rings (SSSR count). The molecule has 12 heavy (non-hydrogen) atoms. The van der Waals surface area contributed by atoms with Gasteiger partial charge < -0.3 is 0 Å². The number of alkyl halides is 2. The molecule has 0 aliphatic heterocycles. The Morgan fingerprint density at radius 1 is 1.33 bits per heavy atom. The molecule has 0 atom stereocenters. The minimum absolute atomic E-state index is 0.364. The Hall–Kier alpha value is -0.840. The van der Waals surface area contributed by atoms with Crippen molar-refractivity contribution in [3.8, 4) is 0 Å². The molecule has 0 spiro atoms. The first-order chi connectivity index (χ1) is 5.54. The number of aromatic nitrogens is 1. The topological polar surface area (TPSA) is 12.9 Å². The van der Waals surface area contributed by atoms with E-state index in [-0.39, 0.29) is 0 Å². The van der Waals surface area contributed by atoms with Crippen LogP contribution in [-0.4, -0.2) is 4.98 Å². The van der Waals surface area contributed by atoms with E-state index in [0.717, 1.165) is 0 Å². The Bertz CT molecular complexity index is 302. The lowest BCUT2D eigenvalue weighted by Gasteiger charge is -2.03. The molecule has 0 fully saturated rings. The number of hydrogen-bond acceptors (Lipinski definition) is 1. The van der Waals surface area contributed by atoms with Crippen molar-refractivity contribution in [3.63, 3.8) is 0 Å². The molecule has 0 aliphatic rings. The molecule has 1 aromatic heterocycles. The largest absolute Gasteiger partial charge is 0.268 e. The highest BCUT2D eigenvalue weighted by molar-refractivity contribution is 6.31. The van der Waals surface area contributed by atoms with E-state index in [2.05, 4.69) is 4.98 Å². The average Bonchev–Trinajstić information content (AvgIpc) is 1.97. The van der Waals surface area contributed by atoms with Crippen LogP contribution in [0.5, 0.6) is 0 Å². The predicted octanol–water partition coefficient (Wildman–Crippen LogP) is 2.95. The average molecular weight is 200 g/mol. The van der Waals surface area contributed by atoms with Crippen molar-refractivity contribution in [1.82, 2.24) is 4.98 Å². The molecule has 0 aliphatic carbocycles. The molecule has 0 aromatic carbocycles. The summed E-state index contributed by atoms with van der Waals surface area (Å²) in [5, 5.41) is -0.968.